The predicted octanol–water partition coefficient (Wildman–Crippen LogP) is 0.301. The maximum atomic E-state index is 11.5. The van der Waals surface area contributed by atoms with Crippen molar-refractivity contribution in [2.75, 3.05) is 0 Å². The van der Waals surface area contributed by atoms with Gasteiger partial charge in [-0.05, 0) is 19.1 Å². The summed E-state index contributed by atoms with van der Waals surface area (Å²) >= 11 is 0. The number of phenols is 2. The van der Waals surface area contributed by atoms with Crippen LogP contribution in [0.1, 0.15) is 17.3 Å². The number of hydrogen-bond donors (Lipinski definition) is 4. The zero-order valence-electron chi connectivity index (χ0n) is 8.47. The number of carbonyl (C=O) groups excluding carboxylic acids is 1. The lowest BCUT2D eigenvalue weighted by Crippen LogP contribution is -2.38. The van der Waals surface area contributed by atoms with E-state index in [0.717, 1.165) is 18.2 Å². The van der Waals surface area contributed by atoms with Gasteiger partial charge in [0.05, 0.1) is 0 Å². The molecule has 0 fully saturated rings. The zero-order valence-corrected chi connectivity index (χ0v) is 8.47. The van der Waals surface area contributed by atoms with Crippen LogP contribution in [-0.2, 0) is 4.79 Å². The monoisotopic (exact) mass is 225 g/mol. The molecule has 16 heavy (non-hydrogen) atoms. The first-order valence-corrected chi connectivity index (χ1v) is 4.47. The number of rotatable bonds is 3. The summed E-state index contributed by atoms with van der Waals surface area (Å²) in [6.07, 6.45) is 0. The van der Waals surface area contributed by atoms with Crippen molar-refractivity contribution in [2.24, 2.45) is 0 Å². The lowest BCUT2D eigenvalue weighted by Gasteiger charge is -2.09. The average Bonchev–Trinajstić information content (AvgIpc) is 2.15. The van der Waals surface area contributed by atoms with Crippen molar-refractivity contribution in [2.45, 2.75) is 13.0 Å². The number of aliphatic carboxylic acids is 1. The summed E-state index contributed by atoms with van der Waals surface area (Å²) in [5.41, 5.74) is -0.00870. The van der Waals surface area contributed by atoms with Gasteiger partial charge in [-0.25, -0.2) is 0 Å². The second-order valence-corrected chi connectivity index (χ2v) is 3.27. The molecule has 0 aliphatic carbocycles. The third-order valence-electron chi connectivity index (χ3n) is 1.88. The molecule has 1 amide bonds. The Morgan fingerprint density at radius 3 is 2.12 bits per heavy atom. The Bertz CT molecular complexity index is 409. The number of amides is 1. The Morgan fingerprint density at radius 2 is 1.69 bits per heavy atom. The number of phenolic OH excluding ortho intramolecular Hbond substituents is 2. The van der Waals surface area contributed by atoms with Gasteiger partial charge in [-0.15, -0.1) is 0 Å². The van der Waals surface area contributed by atoms with Gasteiger partial charge in [-0.1, -0.05) is 0 Å². The summed E-state index contributed by atoms with van der Waals surface area (Å²) in [7, 11) is 0. The molecule has 0 aliphatic rings. The third kappa shape index (κ3) is 2.88. The van der Waals surface area contributed by atoms with Crippen LogP contribution < -0.4 is 5.32 Å². The molecule has 6 heteroatoms. The highest BCUT2D eigenvalue weighted by Gasteiger charge is 2.16. The van der Waals surface area contributed by atoms with Crippen LogP contribution in [-0.4, -0.2) is 33.2 Å². The summed E-state index contributed by atoms with van der Waals surface area (Å²) in [6.45, 7) is 1.31. The van der Waals surface area contributed by atoms with Crippen molar-refractivity contribution in [1.82, 2.24) is 5.32 Å². The Kier molecular flexibility index (Phi) is 3.34. The van der Waals surface area contributed by atoms with Crippen LogP contribution in [0.5, 0.6) is 11.5 Å². The van der Waals surface area contributed by atoms with Crippen LogP contribution in [0.25, 0.3) is 0 Å². The number of aromatic hydroxyl groups is 2. The van der Waals surface area contributed by atoms with Gasteiger partial charge < -0.3 is 20.6 Å². The molecule has 1 atom stereocenters. The highest BCUT2D eigenvalue weighted by molar-refractivity contribution is 5.97. The molecule has 0 heterocycles. The Balaban J connectivity index is 2.84. The summed E-state index contributed by atoms with van der Waals surface area (Å²) in [4.78, 5) is 22.0. The first-order chi connectivity index (χ1) is 7.40. The highest BCUT2D eigenvalue weighted by Crippen LogP contribution is 2.20. The lowest BCUT2D eigenvalue weighted by molar-refractivity contribution is -0.138. The first-order valence-electron chi connectivity index (χ1n) is 4.47. The van der Waals surface area contributed by atoms with Gasteiger partial charge in [-0.3, -0.25) is 9.59 Å². The molecule has 0 bridgehead atoms. The van der Waals surface area contributed by atoms with E-state index in [0.29, 0.717) is 0 Å². The summed E-state index contributed by atoms with van der Waals surface area (Å²) in [6, 6.07) is 2.28. The van der Waals surface area contributed by atoms with Gasteiger partial charge in [0.2, 0.25) is 0 Å². The Morgan fingerprint density at radius 1 is 1.19 bits per heavy atom. The number of carboxylic acid groups (broad SMARTS) is 1. The number of nitrogens with one attached hydrogen (secondary N) is 1. The van der Waals surface area contributed by atoms with Crippen molar-refractivity contribution in [3.8, 4) is 11.5 Å². The fourth-order valence-corrected chi connectivity index (χ4v) is 1.07. The standard InChI is InChI=1S/C10H11NO5/c1-5(10(15)16)11-9(14)6-2-7(12)4-8(13)3-6/h2-5,12-13H,1H3,(H,11,14)(H,15,16)/t5-/m1/s1. The molecule has 0 unspecified atom stereocenters. The minimum Gasteiger partial charge on any atom is -0.508 e. The van der Waals surface area contributed by atoms with E-state index in [1.54, 1.807) is 0 Å². The van der Waals surface area contributed by atoms with E-state index in [1.807, 2.05) is 0 Å². The van der Waals surface area contributed by atoms with Gasteiger partial charge in [0, 0.05) is 11.6 Å². The maximum Gasteiger partial charge on any atom is 0.325 e. The molecular weight excluding hydrogens is 214 g/mol. The first kappa shape index (κ1) is 11.8. The third-order valence-corrected chi connectivity index (χ3v) is 1.88. The molecule has 1 aromatic carbocycles. The summed E-state index contributed by atoms with van der Waals surface area (Å²) in [5.74, 6) is -2.39. The van der Waals surface area contributed by atoms with E-state index in [-0.39, 0.29) is 17.1 Å². The quantitative estimate of drug-likeness (QED) is 0.592. The number of carboxylic acids is 1. The van der Waals surface area contributed by atoms with Gasteiger partial charge in [-0.2, -0.15) is 0 Å². The molecule has 0 radical (unpaired) electrons. The molecule has 0 aliphatic heterocycles. The fraction of sp³-hybridized carbons (Fsp3) is 0.200. The number of carbonyl (C=O) groups is 2. The second-order valence-electron chi connectivity index (χ2n) is 3.27. The molecular formula is C10H11NO5. The molecule has 4 N–H and O–H groups in total. The lowest BCUT2D eigenvalue weighted by atomic mass is 10.1. The van der Waals surface area contributed by atoms with E-state index < -0.39 is 17.9 Å². The minimum atomic E-state index is -1.17. The molecule has 0 aromatic heterocycles. The van der Waals surface area contributed by atoms with Crippen LogP contribution >= 0.6 is 0 Å². The molecule has 1 rings (SSSR count). The average molecular weight is 225 g/mol. The van der Waals surface area contributed by atoms with Crippen molar-refractivity contribution in [3.63, 3.8) is 0 Å². The molecule has 86 valence electrons. The SMILES string of the molecule is C[C@@H](NC(=O)c1cc(O)cc(O)c1)C(=O)O. The van der Waals surface area contributed by atoms with E-state index in [9.17, 15) is 9.59 Å². The van der Waals surface area contributed by atoms with Crippen LogP contribution in [0.15, 0.2) is 18.2 Å². The molecule has 0 spiro atoms. The molecule has 0 saturated heterocycles. The van der Waals surface area contributed by atoms with Gasteiger partial charge in [0.1, 0.15) is 17.5 Å². The highest BCUT2D eigenvalue weighted by atomic mass is 16.4. The molecule has 6 nitrogen and oxygen atoms in total. The van der Waals surface area contributed by atoms with Crippen molar-refractivity contribution in [3.05, 3.63) is 23.8 Å². The Labute approximate surface area is 91.1 Å². The van der Waals surface area contributed by atoms with Crippen molar-refractivity contribution in [1.29, 1.82) is 0 Å². The normalized spacial score (nSPS) is 11.8. The van der Waals surface area contributed by atoms with E-state index >= 15 is 0 Å². The fourth-order valence-electron chi connectivity index (χ4n) is 1.07. The number of benzene rings is 1. The zero-order chi connectivity index (χ0) is 12.3. The van der Waals surface area contributed by atoms with Gasteiger partial charge >= 0.3 is 5.97 Å². The molecule has 0 saturated carbocycles. The smallest absolute Gasteiger partial charge is 0.325 e. The Hall–Kier alpha value is -2.24. The topological polar surface area (TPSA) is 107 Å². The number of hydrogen-bond acceptors (Lipinski definition) is 4. The van der Waals surface area contributed by atoms with E-state index in [2.05, 4.69) is 5.32 Å². The van der Waals surface area contributed by atoms with Crippen molar-refractivity contribution < 1.29 is 24.9 Å². The van der Waals surface area contributed by atoms with Gasteiger partial charge in [0.25, 0.3) is 5.91 Å². The van der Waals surface area contributed by atoms with Crippen molar-refractivity contribution >= 4 is 11.9 Å². The summed E-state index contributed by atoms with van der Waals surface area (Å²) < 4.78 is 0. The van der Waals surface area contributed by atoms with Gasteiger partial charge in [0.15, 0.2) is 0 Å². The van der Waals surface area contributed by atoms with Crippen LogP contribution in [0.4, 0.5) is 0 Å². The second kappa shape index (κ2) is 4.52. The largest absolute Gasteiger partial charge is 0.508 e. The minimum absolute atomic E-state index is 0.00870. The van der Waals surface area contributed by atoms with Crippen LogP contribution in [0.3, 0.4) is 0 Å². The van der Waals surface area contributed by atoms with E-state index in [4.69, 9.17) is 15.3 Å². The molecule has 1 aromatic rings. The van der Waals surface area contributed by atoms with Crippen LogP contribution in [0.2, 0.25) is 0 Å². The van der Waals surface area contributed by atoms with Crippen LogP contribution in [0, 0.1) is 0 Å². The van der Waals surface area contributed by atoms with E-state index in [1.165, 1.54) is 6.92 Å². The summed E-state index contributed by atoms with van der Waals surface area (Å²) in [5, 5.41) is 29.0. The maximum absolute atomic E-state index is 11.5. The predicted molar refractivity (Wildman–Crippen MR) is 54.3 cm³/mol.